The van der Waals surface area contributed by atoms with E-state index in [1.54, 1.807) is 12.4 Å². The maximum Gasteiger partial charge on any atom is 0.225 e. The fraction of sp³-hybridized carbons (Fsp3) is 0.600. The molecule has 0 bridgehead atoms. The Morgan fingerprint density at radius 1 is 1.25 bits per heavy atom. The lowest BCUT2D eigenvalue weighted by Crippen LogP contribution is -2.51. The molecule has 0 atom stereocenters. The molecule has 0 aromatic carbocycles. The third-order valence-electron chi connectivity index (χ3n) is 4.07. The van der Waals surface area contributed by atoms with E-state index in [9.17, 15) is 4.79 Å². The molecule has 9 heteroatoms. The van der Waals surface area contributed by atoms with Crippen molar-refractivity contribution in [2.45, 2.75) is 12.8 Å². The van der Waals surface area contributed by atoms with Crippen LogP contribution in [0, 0.1) is 5.92 Å². The van der Waals surface area contributed by atoms with Gasteiger partial charge in [-0.2, -0.15) is 0 Å². The molecule has 1 aromatic heterocycles. The number of nitrogens with zero attached hydrogens (tertiary/aromatic N) is 5. The molecular formula is C15H24IN7O. The van der Waals surface area contributed by atoms with Crippen LogP contribution in [0.4, 0.5) is 5.95 Å². The van der Waals surface area contributed by atoms with Crippen LogP contribution in [0.5, 0.6) is 0 Å². The third kappa shape index (κ3) is 5.18. The van der Waals surface area contributed by atoms with Crippen LogP contribution in [0.15, 0.2) is 23.5 Å². The number of piperazine rings is 1. The van der Waals surface area contributed by atoms with E-state index in [2.05, 4.69) is 30.1 Å². The van der Waals surface area contributed by atoms with E-state index < -0.39 is 0 Å². The molecular weight excluding hydrogens is 421 g/mol. The molecule has 0 unspecified atom stereocenters. The van der Waals surface area contributed by atoms with E-state index in [0.29, 0.717) is 19.0 Å². The second-order valence-corrected chi connectivity index (χ2v) is 5.83. The van der Waals surface area contributed by atoms with E-state index in [1.807, 2.05) is 6.07 Å². The zero-order valence-corrected chi connectivity index (χ0v) is 15.9. The minimum Gasteiger partial charge on any atom is -0.370 e. The van der Waals surface area contributed by atoms with E-state index in [-0.39, 0.29) is 35.8 Å². The Balaban J connectivity index is 0.00000208. The first-order valence-electron chi connectivity index (χ1n) is 8.08. The van der Waals surface area contributed by atoms with Gasteiger partial charge in [-0.15, -0.1) is 24.0 Å². The molecule has 132 valence electrons. The van der Waals surface area contributed by atoms with Crippen molar-refractivity contribution in [2.24, 2.45) is 16.6 Å². The molecule has 3 rings (SSSR count). The summed E-state index contributed by atoms with van der Waals surface area (Å²) in [6, 6.07) is 1.81. The summed E-state index contributed by atoms with van der Waals surface area (Å²) in [6.45, 7) is 4.29. The highest BCUT2D eigenvalue weighted by atomic mass is 127. The van der Waals surface area contributed by atoms with E-state index in [0.717, 1.165) is 45.0 Å². The first-order chi connectivity index (χ1) is 11.2. The van der Waals surface area contributed by atoms with Gasteiger partial charge >= 0.3 is 0 Å². The van der Waals surface area contributed by atoms with Crippen molar-refractivity contribution in [1.82, 2.24) is 20.2 Å². The second-order valence-electron chi connectivity index (χ2n) is 5.83. The Morgan fingerprint density at radius 2 is 1.92 bits per heavy atom. The molecule has 1 saturated carbocycles. The molecule has 0 radical (unpaired) electrons. The molecule has 24 heavy (non-hydrogen) atoms. The number of amides is 1. The highest BCUT2D eigenvalue weighted by molar-refractivity contribution is 14.0. The number of rotatable bonds is 5. The molecule has 2 heterocycles. The summed E-state index contributed by atoms with van der Waals surface area (Å²) in [4.78, 5) is 28.6. The summed E-state index contributed by atoms with van der Waals surface area (Å²) in [5.41, 5.74) is 6.04. The summed E-state index contributed by atoms with van der Waals surface area (Å²) in [5, 5.41) is 2.89. The minimum absolute atomic E-state index is 0. The molecule has 1 aliphatic carbocycles. The van der Waals surface area contributed by atoms with Crippen molar-refractivity contribution in [2.75, 3.05) is 44.2 Å². The van der Waals surface area contributed by atoms with Crippen LogP contribution < -0.4 is 16.0 Å². The van der Waals surface area contributed by atoms with E-state index in [4.69, 9.17) is 5.73 Å². The summed E-state index contributed by atoms with van der Waals surface area (Å²) in [6.07, 6.45) is 5.54. The van der Waals surface area contributed by atoms with Crippen LogP contribution in [0.25, 0.3) is 0 Å². The van der Waals surface area contributed by atoms with Crippen molar-refractivity contribution in [3.8, 4) is 0 Å². The Morgan fingerprint density at radius 3 is 2.54 bits per heavy atom. The number of halogens is 1. The molecule has 0 spiro atoms. The third-order valence-corrected chi connectivity index (χ3v) is 4.07. The fourth-order valence-electron chi connectivity index (χ4n) is 2.53. The van der Waals surface area contributed by atoms with Crippen LogP contribution in [0.3, 0.4) is 0 Å². The fourth-order valence-corrected chi connectivity index (χ4v) is 2.53. The number of carbonyl (C=O) groups excluding carboxylic acids is 1. The topological polar surface area (TPSA) is 99.7 Å². The number of aromatic nitrogens is 2. The first kappa shape index (κ1) is 18.7. The van der Waals surface area contributed by atoms with Gasteiger partial charge in [0.2, 0.25) is 11.9 Å². The Labute approximate surface area is 158 Å². The van der Waals surface area contributed by atoms with Gasteiger partial charge in [-0.1, -0.05) is 0 Å². The molecule has 1 aromatic rings. The average molecular weight is 445 g/mol. The van der Waals surface area contributed by atoms with Crippen molar-refractivity contribution in [3.63, 3.8) is 0 Å². The summed E-state index contributed by atoms with van der Waals surface area (Å²) < 4.78 is 0. The minimum atomic E-state index is 0. The standard InChI is InChI=1S/C15H23N7O.HI/c16-14(18-7-6-17-13(23)12-2-3-12)21-8-10-22(11-9-21)15-19-4-1-5-20-15;/h1,4-5,12H,2-3,6-11H2,(H2,16,18)(H,17,23);1H. The number of anilines is 1. The van der Waals surface area contributed by atoms with Gasteiger partial charge in [0.05, 0.1) is 6.54 Å². The molecule has 3 N–H and O–H groups in total. The summed E-state index contributed by atoms with van der Waals surface area (Å²) >= 11 is 0. The van der Waals surface area contributed by atoms with E-state index >= 15 is 0 Å². The maximum absolute atomic E-state index is 11.5. The highest BCUT2D eigenvalue weighted by Crippen LogP contribution is 2.28. The van der Waals surface area contributed by atoms with E-state index in [1.165, 1.54) is 0 Å². The van der Waals surface area contributed by atoms with Gasteiger partial charge in [-0.05, 0) is 18.9 Å². The van der Waals surface area contributed by atoms with Crippen molar-refractivity contribution in [1.29, 1.82) is 0 Å². The normalized spacial score (nSPS) is 18.1. The summed E-state index contributed by atoms with van der Waals surface area (Å²) in [5.74, 6) is 1.68. The van der Waals surface area contributed by atoms with Crippen LogP contribution in [0.2, 0.25) is 0 Å². The number of guanidine groups is 1. The Kier molecular flexibility index (Phi) is 7.00. The van der Waals surface area contributed by atoms with Crippen LogP contribution in [0.1, 0.15) is 12.8 Å². The van der Waals surface area contributed by atoms with Gasteiger partial charge in [0, 0.05) is 51.0 Å². The zero-order chi connectivity index (χ0) is 16.1. The van der Waals surface area contributed by atoms with Crippen LogP contribution >= 0.6 is 24.0 Å². The second kappa shape index (κ2) is 9.00. The monoisotopic (exact) mass is 445 g/mol. The predicted octanol–water partition coefficient (Wildman–Crippen LogP) is 0.0575. The number of hydrogen-bond acceptors (Lipinski definition) is 5. The SMILES string of the molecule is I.NC(=NCCNC(=O)C1CC1)N1CCN(c2ncccn2)CC1. The molecule has 1 aliphatic heterocycles. The van der Waals surface area contributed by atoms with Crippen LogP contribution in [-0.4, -0.2) is 66.0 Å². The van der Waals surface area contributed by atoms with Gasteiger partial charge in [-0.3, -0.25) is 9.79 Å². The highest BCUT2D eigenvalue weighted by Gasteiger charge is 2.29. The number of hydrogen-bond donors (Lipinski definition) is 2. The molecule has 1 amide bonds. The van der Waals surface area contributed by atoms with Crippen LogP contribution in [-0.2, 0) is 4.79 Å². The summed E-state index contributed by atoms with van der Waals surface area (Å²) in [7, 11) is 0. The quantitative estimate of drug-likeness (QED) is 0.288. The van der Waals surface area contributed by atoms with Gasteiger partial charge in [0.15, 0.2) is 5.96 Å². The number of nitrogens with one attached hydrogen (secondary N) is 1. The van der Waals surface area contributed by atoms with Crippen molar-refractivity contribution in [3.05, 3.63) is 18.5 Å². The van der Waals surface area contributed by atoms with Gasteiger partial charge in [0.25, 0.3) is 0 Å². The largest absolute Gasteiger partial charge is 0.370 e. The molecule has 2 fully saturated rings. The van der Waals surface area contributed by atoms with Gasteiger partial charge in [0.1, 0.15) is 0 Å². The lowest BCUT2D eigenvalue weighted by atomic mass is 10.3. The maximum atomic E-state index is 11.5. The lowest BCUT2D eigenvalue weighted by Gasteiger charge is -2.35. The molecule has 1 saturated heterocycles. The molecule has 8 nitrogen and oxygen atoms in total. The Bertz CT molecular complexity index is 556. The van der Waals surface area contributed by atoms with Crippen molar-refractivity contribution >= 4 is 41.8 Å². The predicted molar refractivity (Wildman–Crippen MR) is 103 cm³/mol. The lowest BCUT2D eigenvalue weighted by molar-refractivity contribution is -0.122. The number of nitrogens with two attached hydrogens (primary N) is 1. The van der Waals surface area contributed by atoms with Crippen molar-refractivity contribution < 1.29 is 4.79 Å². The Hall–Kier alpha value is -1.65. The first-order valence-corrected chi connectivity index (χ1v) is 8.08. The van der Waals surface area contributed by atoms with Gasteiger partial charge < -0.3 is 20.9 Å². The smallest absolute Gasteiger partial charge is 0.225 e. The number of aliphatic imine (C=N–C) groups is 1. The zero-order valence-electron chi connectivity index (χ0n) is 13.6. The number of carbonyl (C=O) groups is 1. The molecule has 2 aliphatic rings. The average Bonchev–Trinajstić information content (AvgIpc) is 3.44. The van der Waals surface area contributed by atoms with Gasteiger partial charge in [-0.25, -0.2) is 9.97 Å².